The largest absolute Gasteiger partial charge is 0.472 e. The van der Waals surface area contributed by atoms with E-state index in [1.165, 1.54) is 135 Å². The van der Waals surface area contributed by atoms with E-state index in [0.29, 0.717) is 17.4 Å². The van der Waals surface area contributed by atoms with E-state index >= 15 is 0 Å². The summed E-state index contributed by atoms with van der Waals surface area (Å²) in [6.07, 6.45) is 35.9. The Bertz CT molecular complexity index is 819. The molecule has 292 valence electrons. The molecule has 0 saturated carbocycles. The van der Waals surface area contributed by atoms with Crippen LogP contribution in [-0.2, 0) is 18.4 Å². The average Bonchev–Trinajstić information content (AvgIpc) is 3.04. The molecule has 0 rings (SSSR count). The second-order valence-electron chi connectivity index (χ2n) is 15.4. The third-order valence-corrected chi connectivity index (χ3v) is 10.2. The first-order valence-electron chi connectivity index (χ1n) is 20.6. The second-order valence-corrected chi connectivity index (χ2v) is 16.8. The summed E-state index contributed by atoms with van der Waals surface area (Å²) in [6, 6.07) is -0.837. The van der Waals surface area contributed by atoms with Crippen LogP contribution < -0.4 is 5.32 Å². The molecule has 49 heavy (non-hydrogen) atoms. The second kappa shape index (κ2) is 33.1. The lowest BCUT2D eigenvalue weighted by Crippen LogP contribution is -2.45. The molecule has 0 heterocycles. The summed E-state index contributed by atoms with van der Waals surface area (Å²) >= 11 is 0. The minimum Gasteiger partial charge on any atom is -0.387 e. The molecule has 3 unspecified atom stereocenters. The zero-order valence-electron chi connectivity index (χ0n) is 32.9. The predicted octanol–water partition coefficient (Wildman–Crippen LogP) is 10.8. The highest BCUT2D eigenvalue weighted by molar-refractivity contribution is 7.47. The summed E-state index contributed by atoms with van der Waals surface area (Å²) in [6.45, 7) is 4.75. The van der Waals surface area contributed by atoms with Crippen molar-refractivity contribution in [3.63, 3.8) is 0 Å². The summed E-state index contributed by atoms with van der Waals surface area (Å²) in [5, 5.41) is 13.7. The smallest absolute Gasteiger partial charge is 0.387 e. The number of unbranched alkanes of at least 4 members (excludes halogenated alkanes) is 24. The SMILES string of the molecule is CCCCCCCCCCCCCCCCCCCCC/C=C/C(O)C(COP(=O)(O)OCC[N+](C)(C)C)NC(=O)CCCCCCCC. The van der Waals surface area contributed by atoms with E-state index < -0.39 is 20.0 Å². The number of aliphatic hydroxyl groups excluding tert-OH is 1. The first-order valence-corrected chi connectivity index (χ1v) is 22.1. The van der Waals surface area contributed by atoms with Crippen LogP contribution in [0.5, 0.6) is 0 Å². The van der Waals surface area contributed by atoms with Gasteiger partial charge in [-0.3, -0.25) is 13.8 Å². The number of quaternary nitrogens is 1. The van der Waals surface area contributed by atoms with Crippen LogP contribution in [-0.4, -0.2) is 73.4 Å². The van der Waals surface area contributed by atoms with Crippen LogP contribution in [0.3, 0.4) is 0 Å². The van der Waals surface area contributed by atoms with Gasteiger partial charge in [0.1, 0.15) is 13.2 Å². The van der Waals surface area contributed by atoms with Crippen molar-refractivity contribution >= 4 is 13.7 Å². The summed E-state index contributed by atoms with van der Waals surface area (Å²) < 4.78 is 23.4. The number of hydrogen-bond acceptors (Lipinski definition) is 5. The van der Waals surface area contributed by atoms with Gasteiger partial charge >= 0.3 is 7.82 Å². The number of carbonyl (C=O) groups excluding carboxylic acids is 1. The first-order chi connectivity index (χ1) is 23.5. The molecule has 0 aliphatic carbocycles. The fourth-order valence-corrected chi connectivity index (χ4v) is 6.66. The Labute approximate surface area is 303 Å². The van der Waals surface area contributed by atoms with Gasteiger partial charge in [-0.25, -0.2) is 4.57 Å². The van der Waals surface area contributed by atoms with Crippen LogP contribution in [0.1, 0.15) is 187 Å². The van der Waals surface area contributed by atoms with Crippen molar-refractivity contribution in [2.24, 2.45) is 0 Å². The number of rotatable bonds is 37. The van der Waals surface area contributed by atoms with Gasteiger partial charge in [-0.1, -0.05) is 174 Å². The monoisotopic (exact) mass is 718 g/mol. The van der Waals surface area contributed by atoms with E-state index in [1.54, 1.807) is 6.08 Å². The van der Waals surface area contributed by atoms with Crippen molar-refractivity contribution in [3.8, 4) is 0 Å². The molecule has 9 heteroatoms. The summed E-state index contributed by atoms with van der Waals surface area (Å²) in [5.41, 5.74) is 0. The predicted molar refractivity (Wildman–Crippen MR) is 208 cm³/mol. The lowest BCUT2D eigenvalue weighted by Gasteiger charge is -2.25. The Balaban J connectivity index is 4.23. The number of nitrogens with one attached hydrogen (secondary N) is 1. The summed E-state index contributed by atoms with van der Waals surface area (Å²) in [4.78, 5) is 22.8. The molecule has 0 saturated heterocycles. The molecule has 3 N–H and O–H groups in total. The van der Waals surface area contributed by atoms with Gasteiger partial charge in [0.25, 0.3) is 0 Å². The van der Waals surface area contributed by atoms with Gasteiger partial charge in [-0.05, 0) is 19.3 Å². The third-order valence-electron chi connectivity index (χ3n) is 9.26. The Morgan fingerprint density at radius 1 is 0.673 bits per heavy atom. The minimum atomic E-state index is -4.32. The molecule has 0 aliphatic heterocycles. The highest BCUT2D eigenvalue weighted by atomic mass is 31.2. The number of carbonyl (C=O) groups is 1. The van der Waals surface area contributed by atoms with E-state index in [1.807, 2.05) is 27.2 Å². The van der Waals surface area contributed by atoms with Gasteiger partial charge in [-0.2, -0.15) is 0 Å². The maximum atomic E-state index is 12.7. The molecule has 0 bridgehead atoms. The number of aliphatic hydroxyl groups is 1. The molecule has 0 fully saturated rings. The molecule has 3 atom stereocenters. The van der Waals surface area contributed by atoms with Gasteiger partial charge in [0, 0.05) is 6.42 Å². The normalized spacial score (nSPS) is 14.7. The average molecular weight is 718 g/mol. The zero-order valence-corrected chi connectivity index (χ0v) is 33.8. The van der Waals surface area contributed by atoms with Crippen LogP contribution in [0, 0.1) is 0 Å². The number of likely N-dealkylation sites (N-methyl/N-ethyl adjacent to an activating group) is 1. The molecule has 0 spiro atoms. The maximum absolute atomic E-state index is 12.7. The number of nitrogens with zero attached hydrogens (tertiary/aromatic N) is 1. The molecule has 0 aromatic rings. The fourth-order valence-electron chi connectivity index (χ4n) is 5.92. The van der Waals surface area contributed by atoms with Gasteiger partial charge in [0.2, 0.25) is 5.91 Å². The van der Waals surface area contributed by atoms with Gasteiger partial charge in [0.05, 0.1) is 39.9 Å². The summed E-state index contributed by atoms with van der Waals surface area (Å²) in [5.74, 6) is -0.186. The molecule has 1 amide bonds. The van der Waals surface area contributed by atoms with Crippen LogP contribution >= 0.6 is 7.82 Å². The van der Waals surface area contributed by atoms with Crippen molar-refractivity contribution in [1.29, 1.82) is 0 Å². The van der Waals surface area contributed by atoms with E-state index in [-0.39, 0.29) is 19.1 Å². The highest BCUT2D eigenvalue weighted by Crippen LogP contribution is 2.43. The van der Waals surface area contributed by atoms with Crippen LogP contribution in [0.25, 0.3) is 0 Å². The molecule has 0 radical (unpaired) electrons. The highest BCUT2D eigenvalue weighted by Gasteiger charge is 2.27. The van der Waals surface area contributed by atoms with Crippen molar-refractivity contribution in [3.05, 3.63) is 12.2 Å². The molecule has 0 aromatic heterocycles. The Morgan fingerprint density at radius 2 is 1.08 bits per heavy atom. The van der Waals surface area contributed by atoms with E-state index in [9.17, 15) is 19.4 Å². The van der Waals surface area contributed by atoms with Crippen molar-refractivity contribution in [2.75, 3.05) is 40.9 Å². The number of amides is 1. The number of hydrogen-bond donors (Lipinski definition) is 3. The third kappa shape index (κ3) is 35.4. The van der Waals surface area contributed by atoms with Crippen LogP contribution in [0.2, 0.25) is 0 Å². The Kier molecular flexibility index (Phi) is 32.6. The lowest BCUT2D eigenvalue weighted by atomic mass is 10.0. The van der Waals surface area contributed by atoms with Crippen molar-refractivity contribution < 1.29 is 32.9 Å². The van der Waals surface area contributed by atoms with Gasteiger partial charge in [-0.15, -0.1) is 0 Å². The van der Waals surface area contributed by atoms with Gasteiger partial charge < -0.3 is 19.8 Å². The lowest BCUT2D eigenvalue weighted by molar-refractivity contribution is -0.870. The number of phosphoric ester groups is 1. The standard InChI is InChI=1S/C40H81N2O6P/c1-6-8-10-12-14-15-16-17-18-19-20-21-22-23-24-25-26-27-28-29-31-33-39(43)38(41-40(44)34-32-30-13-11-9-7-2)37-48-49(45,46)47-36-35-42(3,4)5/h31,33,38-39,43H,6-30,32,34-37H2,1-5H3,(H-,41,44,45,46)/p+1/b33-31+. The number of phosphoric acid groups is 1. The summed E-state index contributed by atoms with van der Waals surface area (Å²) in [7, 11) is 1.58. The maximum Gasteiger partial charge on any atom is 0.472 e. The van der Waals surface area contributed by atoms with Crippen molar-refractivity contribution in [2.45, 2.75) is 199 Å². The quantitative estimate of drug-likeness (QED) is 0.0256. The molecule has 8 nitrogen and oxygen atoms in total. The number of allylic oxidation sites excluding steroid dienone is 1. The Hall–Kier alpha value is -0.760. The zero-order chi connectivity index (χ0) is 36.5. The molecular formula is C40H82N2O6P+. The van der Waals surface area contributed by atoms with E-state index in [2.05, 4.69) is 19.2 Å². The van der Waals surface area contributed by atoms with E-state index in [4.69, 9.17) is 9.05 Å². The van der Waals surface area contributed by atoms with E-state index in [0.717, 1.165) is 32.1 Å². The molecule has 0 aliphatic rings. The fraction of sp³-hybridized carbons (Fsp3) is 0.925. The van der Waals surface area contributed by atoms with Crippen LogP contribution in [0.15, 0.2) is 12.2 Å². The van der Waals surface area contributed by atoms with Gasteiger partial charge in [0.15, 0.2) is 0 Å². The topological polar surface area (TPSA) is 105 Å². The van der Waals surface area contributed by atoms with Crippen molar-refractivity contribution in [1.82, 2.24) is 5.32 Å². The Morgan fingerprint density at radius 3 is 1.51 bits per heavy atom. The molecule has 0 aromatic carbocycles. The first kappa shape index (κ1) is 48.2. The molecular weight excluding hydrogens is 635 g/mol. The minimum absolute atomic E-state index is 0.0637. The van der Waals surface area contributed by atoms with Crippen LogP contribution in [0.4, 0.5) is 0 Å².